The summed E-state index contributed by atoms with van der Waals surface area (Å²) in [5.41, 5.74) is -0.261. The van der Waals surface area contributed by atoms with Crippen molar-refractivity contribution in [2.45, 2.75) is 55.0 Å². The lowest BCUT2D eigenvalue weighted by molar-refractivity contribution is -0.113. The van der Waals surface area contributed by atoms with Gasteiger partial charge in [0.1, 0.15) is 0 Å². The van der Waals surface area contributed by atoms with Crippen LogP contribution < -0.4 is 0 Å². The first-order valence-corrected chi connectivity index (χ1v) is 5.69. The largest absolute Gasteiger partial charge is 0.372 e. The SMILES string of the molecule is CC1CCCC(C)(CC(Cl)(Cl)Cl)O1. The summed E-state index contributed by atoms with van der Waals surface area (Å²) in [6, 6.07) is 0. The number of ether oxygens (including phenoxy) is 1. The third-order valence-corrected chi connectivity index (χ3v) is 2.78. The van der Waals surface area contributed by atoms with Crippen LogP contribution in [0.25, 0.3) is 0 Å². The van der Waals surface area contributed by atoms with Crippen LogP contribution in [0.1, 0.15) is 39.5 Å². The summed E-state index contributed by atoms with van der Waals surface area (Å²) in [7, 11) is 0. The van der Waals surface area contributed by atoms with Crippen molar-refractivity contribution in [2.75, 3.05) is 0 Å². The fourth-order valence-electron chi connectivity index (χ4n) is 1.92. The Kier molecular flexibility index (Phi) is 3.79. The molecule has 1 fully saturated rings. The molecule has 1 heterocycles. The summed E-state index contributed by atoms with van der Waals surface area (Å²) in [5.74, 6) is 0. The Morgan fingerprint density at radius 2 is 2.08 bits per heavy atom. The van der Waals surface area contributed by atoms with Crippen molar-refractivity contribution in [1.82, 2.24) is 0 Å². The van der Waals surface area contributed by atoms with Gasteiger partial charge in [0.2, 0.25) is 0 Å². The second-order valence-electron chi connectivity index (χ2n) is 4.06. The van der Waals surface area contributed by atoms with Gasteiger partial charge in [0.05, 0.1) is 11.7 Å². The van der Waals surface area contributed by atoms with E-state index in [1.165, 1.54) is 0 Å². The third-order valence-electron chi connectivity index (χ3n) is 2.38. The molecule has 1 aliphatic heterocycles. The summed E-state index contributed by atoms with van der Waals surface area (Å²) < 4.78 is 4.59. The van der Waals surface area contributed by atoms with Crippen molar-refractivity contribution in [1.29, 1.82) is 0 Å². The van der Waals surface area contributed by atoms with Gasteiger partial charge in [0.15, 0.2) is 3.79 Å². The minimum Gasteiger partial charge on any atom is -0.372 e. The zero-order valence-corrected chi connectivity index (χ0v) is 10.2. The molecule has 1 rings (SSSR count). The van der Waals surface area contributed by atoms with Gasteiger partial charge in [-0.15, -0.1) is 0 Å². The number of hydrogen-bond donors (Lipinski definition) is 0. The van der Waals surface area contributed by atoms with E-state index < -0.39 is 3.79 Å². The maximum Gasteiger partial charge on any atom is 0.193 e. The van der Waals surface area contributed by atoms with Crippen LogP contribution in [-0.2, 0) is 4.74 Å². The summed E-state index contributed by atoms with van der Waals surface area (Å²) >= 11 is 17.3. The predicted molar refractivity (Wildman–Crippen MR) is 57.7 cm³/mol. The van der Waals surface area contributed by atoms with E-state index in [0.717, 1.165) is 19.3 Å². The molecular formula is C9H15Cl3O. The van der Waals surface area contributed by atoms with Crippen molar-refractivity contribution in [3.8, 4) is 0 Å². The molecule has 0 aromatic carbocycles. The molecule has 0 aliphatic carbocycles. The first-order chi connectivity index (χ1) is 5.81. The van der Waals surface area contributed by atoms with Crippen molar-refractivity contribution >= 4 is 34.8 Å². The number of halogens is 3. The smallest absolute Gasteiger partial charge is 0.193 e. The number of hydrogen-bond acceptors (Lipinski definition) is 1. The van der Waals surface area contributed by atoms with Gasteiger partial charge < -0.3 is 4.74 Å². The van der Waals surface area contributed by atoms with Crippen LogP contribution in [-0.4, -0.2) is 15.5 Å². The average molecular weight is 246 g/mol. The summed E-state index contributed by atoms with van der Waals surface area (Å²) in [6.07, 6.45) is 3.99. The minimum absolute atomic E-state index is 0.261. The van der Waals surface area contributed by atoms with Crippen LogP contribution in [0.5, 0.6) is 0 Å². The van der Waals surface area contributed by atoms with Crippen molar-refractivity contribution in [3.63, 3.8) is 0 Å². The normalized spacial score (nSPS) is 36.2. The fraction of sp³-hybridized carbons (Fsp3) is 1.00. The van der Waals surface area contributed by atoms with Gasteiger partial charge in [-0.2, -0.15) is 0 Å². The van der Waals surface area contributed by atoms with Gasteiger partial charge in [-0.3, -0.25) is 0 Å². The maximum absolute atomic E-state index is 5.80. The molecule has 4 heteroatoms. The zero-order chi connectivity index (χ0) is 10.1. The minimum atomic E-state index is -1.20. The van der Waals surface area contributed by atoms with Crippen LogP contribution in [0.4, 0.5) is 0 Å². The van der Waals surface area contributed by atoms with Crippen molar-refractivity contribution in [2.24, 2.45) is 0 Å². The second-order valence-corrected chi connectivity index (χ2v) is 6.58. The Balaban J connectivity index is 2.54. The first-order valence-electron chi connectivity index (χ1n) is 4.55. The van der Waals surface area contributed by atoms with Gasteiger partial charge in [-0.1, -0.05) is 34.8 Å². The molecule has 1 aliphatic rings. The highest BCUT2D eigenvalue weighted by Gasteiger charge is 2.38. The van der Waals surface area contributed by atoms with E-state index in [1.807, 2.05) is 6.92 Å². The lowest BCUT2D eigenvalue weighted by atomic mass is 9.91. The van der Waals surface area contributed by atoms with Crippen LogP contribution in [0.3, 0.4) is 0 Å². The molecule has 0 bridgehead atoms. The van der Waals surface area contributed by atoms with E-state index in [9.17, 15) is 0 Å². The predicted octanol–water partition coefficient (Wildman–Crippen LogP) is 4.09. The molecule has 0 amide bonds. The van der Waals surface area contributed by atoms with E-state index in [4.69, 9.17) is 39.5 Å². The summed E-state index contributed by atoms with van der Waals surface area (Å²) in [5, 5.41) is 0. The van der Waals surface area contributed by atoms with E-state index >= 15 is 0 Å². The molecule has 0 N–H and O–H groups in total. The maximum atomic E-state index is 5.80. The molecule has 78 valence electrons. The number of alkyl halides is 3. The summed E-state index contributed by atoms with van der Waals surface area (Å²) in [6.45, 7) is 4.08. The molecule has 0 spiro atoms. The highest BCUT2D eigenvalue weighted by molar-refractivity contribution is 6.67. The van der Waals surface area contributed by atoms with Crippen molar-refractivity contribution in [3.05, 3.63) is 0 Å². The van der Waals surface area contributed by atoms with Crippen LogP contribution >= 0.6 is 34.8 Å². The second kappa shape index (κ2) is 4.14. The quantitative estimate of drug-likeness (QED) is 0.632. The molecule has 2 unspecified atom stereocenters. The van der Waals surface area contributed by atoms with Gasteiger partial charge in [0.25, 0.3) is 0 Å². The lowest BCUT2D eigenvalue weighted by Crippen LogP contribution is -2.39. The Morgan fingerprint density at radius 1 is 1.46 bits per heavy atom. The average Bonchev–Trinajstić information content (AvgIpc) is 1.79. The Morgan fingerprint density at radius 3 is 2.54 bits per heavy atom. The molecular weight excluding hydrogens is 230 g/mol. The standard InChI is InChI=1S/C9H15Cl3O/c1-7-4-3-5-8(2,13-7)6-9(10,11)12/h7H,3-6H2,1-2H3. The molecule has 2 atom stereocenters. The van der Waals surface area contributed by atoms with Gasteiger partial charge in [-0.25, -0.2) is 0 Å². The van der Waals surface area contributed by atoms with Gasteiger partial charge in [0, 0.05) is 6.42 Å². The van der Waals surface area contributed by atoms with Crippen LogP contribution in [0, 0.1) is 0 Å². The van der Waals surface area contributed by atoms with E-state index in [1.54, 1.807) is 0 Å². The van der Waals surface area contributed by atoms with E-state index in [2.05, 4.69) is 6.92 Å². The molecule has 13 heavy (non-hydrogen) atoms. The van der Waals surface area contributed by atoms with Crippen molar-refractivity contribution < 1.29 is 4.74 Å². The monoisotopic (exact) mass is 244 g/mol. The first kappa shape index (κ1) is 11.9. The van der Waals surface area contributed by atoms with Crippen LogP contribution in [0.2, 0.25) is 0 Å². The van der Waals surface area contributed by atoms with E-state index in [-0.39, 0.29) is 11.7 Å². The molecule has 0 aromatic heterocycles. The topological polar surface area (TPSA) is 9.23 Å². The van der Waals surface area contributed by atoms with Gasteiger partial charge >= 0.3 is 0 Å². The molecule has 0 aromatic rings. The number of rotatable bonds is 1. The summed E-state index contributed by atoms with van der Waals surface area (Å²) in [4.78, 5) is 0. The fourth-order valence-corrected chi connectivity index (χ4v) is 2.77. The van der Waals surface area contributed by atoms with Crippen LogP contribution in [0.15, 0.2) is 0 Å². The molecule has 0 saturated carbocycles. The highest BCUT2D eigenvalue weighted by Crippen LogP contribution is 2.41. The highest BCUT2D eigenvalue weighted by atomic mass is 35.6. The Bertz CT molecular complexity index is 178. The third kappa shape index (κ3) is 4.24. The Hall–Kier alpha value is 0.830. The van der Waals surface area contributed by atoms with Gasteiger partial charge in [-0.05, 0) is 33.1 Å². The Labute approximate surface area is 94.7 Å². The molecule has 1 saturated heterocycles. The molecule has 0 radical (unpaired) electrons. The lowest BCUT2D eigenvalue weighted by Gasteiger charge is -2.39. The molecule has 1 nitrogen and oxygen atoms in total. The zero-order valence-electron chi connectivity index (χ0n) is 7.95. The van der Waals surface area contributed by atoms with E-state index in [0.29, 0.717) is 6.42 Å².